The van der Waals surface area contributed by atoms with E-state index in [4.69, 9.17) is 15.6 Å². The van der Waals surface area contributed by atoms with E-state index in [1.807, 2.05) is 6.26 Å². The summed E-state index contributed by atoms with van der Waals surface area (Å²) in [5.41, 5.74) is 5.04. The third kappa shape index (κ3) is 7.85. The van der Waals surface area contributed by atoms with Crippen molar-refractivity contribution < 1.29 is 24.2 Å². The van der Waals surface area contributed by atoms with Crippen LogP contribution in [0.4, 0.5) is 4.79 Å². The average Bonchev–Trinajstić information content (AvgIpc) is 2.37. The minimum atomic E-state index is -1.13. The summed E-state index contributed by atoms with van der Waals surface area (Å²) in [5.74, 6) is -0.962. The first-order valence-corrected chi connectivity index (χ1v) is 7.36. The second kappa shape index (κ2) is 10.3. The molecule has 0 aliphatic rings. The fourth-order valence-electron chi connectivity index (χ4n) is 1.52. The molecule has 1 atom stereocenters. The normalized spacial score (nSPS) is 11.7. The van der Waals surface area contributed by atoms with Gasteiger partial charge < -0.3 is 25.8 Å². The highest BCUT2D eigenvalue weighted by Gasteiger charge is 2.26. The summed E-state index contributed by atoms with van der Waals surface area (Å²) >= 11 is 1.51. The molecule has 3 amide bonds. The number of nitrogens with one attached hydrogen (secondary N) is 1. The van der Waals surface area contributed by atoms with Crippen LogP contribution in [-0.4, -0.2) is 72.8 Å². The smallest absolute Gasteiger partial charge is 0.323 e. The Kier molecular flexibility index (Phi) is 9.56. The van der Waals surface area contributed by atoms with Gasteiger partial charge in [0.25, 0.3) is 0 Å². The minimum absolute atomic E-state index is 0.137. The van der Waals surface area contributed by atoms with E-state index >= 15 is 0 Å². The molecule has 0 aromatic carbocycles. The van der Waals surface area contributed by atoms with Gasteiger partial charge in [-0.2, -0.15) is 11.8 Å². The van der Waals surface area contributed by atoms with Gasteiger partial charge in [0, 0.05) is 13.7 Å². The number of primary amides is 1. The molecule has 0 heterocycles. The maximum Gasteiger partial charge on any atom is 0.323 e. The molecule has 0 fully saturated rings. The molecule has 1 unspecified atom stereocenters. The van der Waals surface area contributed by atoms with Gasteiger partial charge in [0.15, 0.2) is 0 Å². The molecule has 4 N–H and O–H groups in total. The van der Waals surface area contributed by atoms with Crippen LogP contribution < -0.4 is 11.1 Å². The van der Waals surface area contributed by atoms with Gasteiger partial charge in [0.2, 0.25) is 5.91 Å². The van der Waals surface area contributed by atoms with Gasteiger partial charge in [0.1, 0.15) is 12.6 Å². The van der Waals surface area contributed by atoms with E-state index in [0.717, 1.165) is 4.90 Å². The van der Waals surface area contributed by atoms with Crippen molar-refractivity contribution in [1.82, 2.24) is 10.2 Å². The number of carboxylic acid groups (broad SMARTS) is 1. The Morgan fingerprint density at radius 3 is 2.55 bits per heavy atom. The average molecular weight is 307 g/mol. The molecular weight excluding hydrogens is 286 g/mol. The number of carboxylic acids is 1. The number of thioether (sulfide) groups is 1. The number of methoxy groups -OCH3 is 1. The molecule has 0 saturated carbocycles. The van der Waals surface area contributed by atoms with Crippen molar-refractivity contribution in [1.29, 1.82) is 0 Å². The van der Waals surface area contributed by atoms with Crippen molar-refractivity contribution in [3.8, 4) is 0 Å². The van der Waals surface area contributed by atoms with Crippen LogP contribution in [0, 0.1) is 0 Å². The van der Waals surface area contributed by atoms with Gasteiger partial charge in [-0.05, 0) is 18.4 Å². The van der Waals surface area contributed by atoms with Crippen molar-refractivity contribution in [2.75, 3.05) is 38.8 Å². The Morgan fingerprint density at radius 1 is 1.45 bits per heavy atom. The summed E-state index contributed by atoms with van der Waals surface area (Å²) in [7, 11) is 1.45. The first kappa shape index (κ1) is 18.5. The van der Waals surface area contributed by atoms with E-state index in [1.165, 1.54) is 18.9 Å². The Hall–Kier alpha value is -1.48. The zero-order valence-electron chi connectivity index (χ0n) is 11.6. The highest BCUT2D eigenvalue weighted by Crippen LogP contribution is 2.05. The second-order valence-corrected chi connectivity index (χ2v) is 4.97. The molecule has 0 aliphatic heterocycles. The first-order valence-electron chi connectivity index (χ1n) is 5.96. The monoisotopic (exact) mass is 307 g/mol. The van der Waals surface area contributed by atoms with Crippen LogP contribution in [-0.2, 0) is 14.3 Å². The van der Waals surface area contributed by atoms with Crippen LogP contribution in [0.1, 0.15) is 6.42 Å². The molecule has 9 heteroatoms. The van der Waals surface area contributed by atoms with Crippen LogP contribution in [0.5, 0.6) is 0 Å². The van der Waals surface area contributed by atoms with Gasteiger partial charge in [-0.1, -0.05) is 0 Å². The van der Waals surface area contributed by atoms with Gasteiger partial charge >= 0.3 is 12.0 Å². The molecule has 8 nitrogen and oxygen atoms in total. The fraction of sp³-hybridized carbons (Fsp3) is 0.727. The lowest BCUT2D eigenvalue weighted by molar-refractivity contribution is -0.145. The highest BCUT2D eigenvalue weighted by atomic mass is 32.2. The minimum Gasteiger partial charge on any atom is -0.480 e. The second-order valence-electron chi connectivity index (χ2n) is 3.99. The molecule has 0 rings (SSSR count). The molecule has 0 aromatic rings. The molecule has 0 spiro atoms. The lowest BCUT2D eigenvalue weighted by Crippen LogP contribution is -2.52. The maximum absolute atomic E-state index is 12.3. The van der Waals surface area contributed by atoms with Gasteiger partial charge in [0.05, 0.1) is 6.61 Å². The number of ether oxygens (including phenoxy) is 1. The summed E-state index contributed by atoms with van der Waals surface area (Å²) in [6.07, 6.45) is 2.25. The third-order valence-corrected chi connectivity index (χ3v) is 3.07. The quantitative estimate of drug-likeness (QED) is 0.492. The third-order valence-electron chi connectivity index (χ3n) is 2.43. The zero-order valence-corrected chi connectivity index (χ0v) is 12.4. The standard InChI is InChI=1S/C11H21N3O5S/c1-19-5-4-14(7-9(15)16)10(17)8(3-6-20-2)13-11(12)18/h8H,3-7H2,1-2H3,(H,15,16)(H3,12,13,18). The molecule has 0 aromatic heterocycles. The number of hydrogen-bond donors (Lipinski definition) is 3. The maximum atomic E-state index is 12.3. The van der Waals surface area contributed by atoms with Crippen molar-refractivity contribution in [2.45, 2.75) is 12.5 Å². The summed E-state index contributed by atoms with van der Waals surface area (Å²) in [6.45, 7) is -0.0961. The number of amides is 3. The molecule has 116 valence electrons. The van der Waals surface area contributed by atoms with E-state index in [2.05, 4.69) is 5.32 Å². The van der Waals surface area contributed by atoms with Crippen molar-refractivity contribution in [2.24, 2.45) is 5.73 Å². The Labute approximate surface area is 122 Å². The summed E-state index contributed by atoms with van der Waals surface area (Å²) in [5, 5.41) is 11.2. The lowest BCUT2D eigenvalue weighted by atomic mass is 10.2. The zero-order chi connectivity index (χ0) is 15.5. The molecule has 0 saturated heterocycles. The molecule has 0 aliphatic carbocycles. The number of carbonyl (C=O) groups excluding carboxylic acids is 2. The number of carbonyl (C=O) groups is 3. The van der Waals surface area contributed by atoms with Gasteiger partial charge in [-0.15, -0.1) is 0 Å². The number of aliphatic carboxylic acids is 1. The van der Waals surface area contributed by atoms with Crippen LogP contribution in [0.2, 0.25) is 0 Å². The van der Waals surface area contributed by atoms with Crippen molar-refractivity contribution >= 4 is 29.7 Å². The molecule has 0 bridgehead atoms. The number of rotatable bonds is 10. The van der Waals surface area contributed by atoms with E-state index < -0.39 is 30.5 Å². The largest absolute Gasteiger partial charge is 0.480 e. The van der Waals surface area contributed by atoms with E-state index in [-0.39, 0.29) is 13.2 Å². The van der Waals surface area contributed by atoms with E-state index in [1.54, 1.807) is 0 Å². The van der Waals surface area contributed by atoms with Crippen LogP contribution in [0.25, 0.3) is 0 Å². The lowest BCUT2D eigenvalue weighted by Gasteiger charge is -2.26. The van der Waals surface area contributed by atoms with E-state index in [0.29, 0.717) is 12.2 Å². The van der Waals surface area contributed by atoms with Gasteiger partial charge in [-0.3, -0.25) is 9.59 Å². The number of nitrogens with two attached hydrogens (primary N) is 1. The SMILES string of the molecule is COCCN(CC(=O)O)C(=O)C(CCSC)NC(N)=O. The highest BCUT2D eigenvalue weighted by molar-refractivity contribution is 7.98. The number of hydrogen-bond acceptors (Lipinski definition) is 5. The Bertz CT molecular complexity index is 310. The Morgan fingerprint density at radius 2 is 2.10 bits per heavy atom. The van der Waals surface area contributed by atoms with E-state index in [9.17, 15) is 14.4 Å². The first-order chi connectivity index (χ1) is 9.42. The summed E-state index contributed by atoms with van der Waals surface area (Å²) in [4.78, 5) is 35.1. The van der Waals surface area contributed by atoms with Crippen molar-refractivity contribution in [3.05, 3.63) is 0 Å². The van der Waals surface area contributed by atoms with Crippen molar-refractivity contribution in [3.63, 3.8) is 0 Å². The Balaban J connectivity index is 4.80. The predicted molar refractivity (Wildman–Crippen MR) is 75.6 cm³/mol. The summed E-state index contributed by atoms with van der Waals surface area (Å²) < 4.78 is 4.84. The predicted octanol–water partition coefficient (Wildman–Crippen LogP) is -0.664. The van der Waals surface area contributed by atoms with Crippen LogP contribution in [0.15, 0.2) is 0 Å². The van der Waals surface area contributed by atoms with Crippen LogP contribution in [0.3, 0.4) is 0 Å². The number of urea groups is 1. The molecule has 20 heavy (non-hydrogen) atoms. The number of nitrogens with zero attached hydrogens (tertiary/aromatic N) is 1. The molecular formula is C11H21N3O5S. The summed E-state index contributed by atoms with van der Waals surface area (Å²) in [6, 6.07) is -1.64. The fourth-order valence-corrected chi connectivity index (χ4v) is 1.99. The molecule has 0 radical (unpaired) electrons. The van der Waals surface area contributed by atoms with Gasteiger partial charge in [-0.25, -0.2) is 4.79 Å². The topological polar surface area (TPSA) is 122 Å². The van der Waals surface area contributed by atoms with Crippen LogP contribution >= 0.6 is 11.8 Å².